The molecule has 5 rings (SSSR count). The van der Waals surface area contributed by atoms with Crippen molar-refractivity contribution in [1.82, 2.24) is 29.5 Å². The average Bonchev–Trinajstić information content (AvgIpc) is 3.18. The van der Waals surface area contributed by atoms with Gasteiger partial charge in [0, 0.05) is 17.1 Å². The van der Waals surface area contributed by atoms with Crippen LogP contribution in [0.4, 0.5) is 11.5 Å². The van der Waals surface area contributed by atoms with Crippen molar-refractivity contribution in [3.63, 3.8) is 0 Å². The lowest BCUT2D eigenvalue weighted by molar-refractivity contribution is 0.458. The van der Waals surface area contributed by atoms with Gasteiger partial charge in [-0.2, -0.15) is 0 Å². The van der Waals surface area contributed by atoms with Gasteiger partial charge < -0.3 is 10.1 Å². The van der Waals surface area contributed by atoms with Crippen LogP contribution >= 0.6 is 0 Å². The van der Waals surface area contributed by atoms with Crippen LogP contribution in [-0.2, 0) is 0 Å². The Balaban J connectivity index is 1.42. The summed E-state index contributed by atoms with van der Waals surface area (Å²) in [4.78, 5) is 12.8. The number of anilines is 2. The summed E-state index contributed by atoms with van der Waals surface area (Å²) < 4.78 is 15.5. The molecule has 8 heteroatoms. The minimum atomic E-state index is 0.410. The van der Waals surface area contributed by atoms with Crippen LogP contribution < -0.4 is 10.1 Å². The molecule has 1 N–H and O–H groups in total. The summed E-state index contributed by atoms with van der Waals surface area (Å²) in [5.74, 6) is 1.78. The number of hydrogen-bond acceptors (Lipinski definition) is 7. The van der Waals surface area contributed by atoms with Gasteiger partial charge in [0.2, 0.25) is 5.88 Å². The maximum absolute atomic E-state index is 7.85. The second-order valence-corrected chi connectivity index (χ2v) is 6.20. The molecule has 0 aliphatic carbocycles. The second-order valence-electron chi connectivity index (χ2n) is 6.20. The van der Waals surface area contributed by atoms with E-state index in [-0.39, 0.29) is 0 Å². The highest BCUT2D eigenvalue weighted by Crippen LogP contribution is 2.29. The van der Waals surface area contributed by atoms with Crippen LogP contribution in [0.2, 0.25) is 0 Å². The van der Waals surface area contributed by atoms with Gasteiger partial charge >= 0.3 is 0 Å². The minimum Gasteiger partial charge on any atom is -0.439 e. The first-order chi connectivity index (χ1) is 14.2. The Morgan fingerprint density at radius 1 is 1.07 bits per heavy atom. The summed E-state index contributed by atoms with van der Waals surface area (Å²) in [7, 11) is 0. The van der Waals surface area contributed by atoms with E-state index in [1.54, 1.807) is 35.3 Å². The number of aryl methyl sites for hydroxylation is 1. The van der Waals surface area contributed by atoms with E-state index < -0.39 is 0 Å². The molecule has 0 bridgehead atoms. The smallest absolute Gasteiger partial charge is 0.224 e. The fourth-order valence-corrected chi connectivity index (χ4v) is 2.90. The molecule has 3 heterocycles. The number of nitrogens with zero attached hydrogens (tertiary/aromatic N) is 6. The summed E-state index contributed by atoms with van der Waals surface area (Å²) >= 11 is 0. The maximum atomic E-state index is 7.85. The Morgan fingerprint density at radius 2 is 2.04 bits per heavy atom. The first-order valence-corrected chi connectivity index (χ1v) is 8.58. The first-order valence-electron chi connectivity index (χ1n) is 9.08. The second kappa shape index (κ2) is 6.58. The van der Waals surface area contributed by atoms with Crippen LogP contribution in [0.3, 0.4) is 0 Å². The van der Waals surface area contributed by atoms with Crippen LogP contribution in [-0.4, -0.2) is 29.5 Å². The topological polar surface area (TPSA) is 90.1 Å². The lowest BCUT2D eigenvalue weighted by Gasteiger charge is -2.12. The molecule has 0 saturated heterocycles. The number of aromatic nitrogens is 6. The maximum Gasteiger partial charge on any atom is 0.224 e. The zero-order valence-electron chi connectivity index (χ0n) is 15.9. The van der Waals surface area contributed by atoms with Crippen LogP contribution in [0.5, 0.6) is 11.6 Å². The Hall–Kier alpha value is -4.07. The molecule has 0 spiro atoms. The van der Waals surface area contributed by atoms with Crippen molar-refractivity contribution >= 4 is 28.1 Å². The molecular weight excluding hydrogens is 354 g/mol. The van der Waals surface area contributed by atoms with E-state index in [1.165, 1.54) is 6.33 Å². The third kappa shape index (κ3) is 2.96. The van der Waals surface area contributed by atoms with Gasteiger partial charge in [-0.15, -0.1) is 10.2 Å². The highest BCUT2D eigenvalue weighted by atomic mass is 16.5. The van der Waals surface area contributed by atoms with Crippen LogP contribution in [0, 0.1) is 6.92 Å². The number of hydrogen-bond donors (Lipinski definition) is 1. The molecule has 0 amide bonds. The standard InChI is InChI=1S/C20H15N7O/c1-13-8-14(25-20-15-4-2-3-5-16(15)21-10-22-20)6-7-17(13)28-19-9-18-26-24-12-27(18)11-23-19/h2-12H,1H3,(H,21,22,25)/i2D. The molecular formula is C20H15N7O. The third-order valence-corrected chi connectivity index (χ3v) is 4.29. The molecule has 28 heavy (non-hydrogen) atoms. The van der Waals surface area contributed by atoms with E-state index in [0.29, 0.717) is 29.1 Å². The van der Waals surface area contributed by atoms with E-state index in [9.17, 15) is 0 Å². The third-order valence-electron chi connectivity index (χ3n) is 4.29. The molecule has 0 fully saturated rings. The lowest BCUT2D eigenvalue weighted by atomic mass is 10.2. The molecule has 136 valence electrons. The zero-order chi connectivity index (χ0) is 19.8. The summed E-state index contributed by atoms with van der Waals surface area (Å²) in [6, 6.07) is 13.1. The van der Waals surface area contributed by atoms with Crippen molar-refractivity contribution in [2.75, 3.05) is 5.32 Å². The monoisotopic (exact) mass is 370 g/mol. The summed E-state index contributed by atoms with van der Waals surface area (Å²) in [6.07, 6.45) is 4.69. The van der Waals surface area contributed by atoms with Gasteiger partial charge in [-0.25, -0.2) is 15.0 Å². The number of ether oxygens (including phenoxy) is 1. The van der Waals surface area contributed by atoms with Gasteiger partial charge in [-0.05, 0) is 42.8 Å². The Labute approximate surface area is 161 Å². The molecule has 0 unspecified atom stereocenters. The molecule has 0 radical (unpaired) electrons. The molecule has 8 nitrogen and oxygen atoms in total. The van der Waals surface area contributed by atoms with E-state index in [4.69, 9.17) is 6.11 Å². The fourth-order valence-electron chi connectivity index (χ4n) is 2.90. The Morgan fingerprint density at radius 3 is 2.96 bits per heavy atom. The highest BCUT2D eigenvalue weighted by Gasteiger charge is 2.08. The number of para-hydroxylation sites is 1. The quantitative estimate of drug-likeness (QED) is 0.513. The molecule has 2 aromatic carbocycles. The SMILES string of the molecule is [2H]c1ccc2ncnc(Nc3ccc(Oc4cc5nncn5cn4)c(C)c3)c2c1. The molecule has 0 aliphatic rings. The zero-order valence-corrected chi connectivity index (χ0v) is 14.9. The summed E-state index contributed by atoms with van der Waals surface area (Å²) in [5.41, 5.74) is 3.23. The van der Waals surface area contributed by atoms with Crippen LogP contribution in [0.25, 0.3) is 16.6 Å². The van der Waals surface area contributed by atoms with E-state index in [0.717, 1.165) is 22.2 Å². The molecule has 3 aromatic heterocycles. The molecule has 0 aliphatic heterocycles. The predicted octanol–water partition coefficient (Wildman–Crippen LogP) is 3.91. The molecule has 0 atom stereocenters. The minimum absolute atomic E-state index is 0.410. The van der Waals surface area contributed by atoms with Gasteiger partial charge in [-0.1, -0.05) is 12.1 Å². The van der Waals surface area contributed by atoms with Crippen molar-refractivity contribution in [3.05, 3.63) is 73.1 Å². The lowest BCUT2D eigenvalue weighted by Crippen LogP contribution is -1.97. The van der Waals surface area contributed by atoms with Crippen molar-refractivity contribution < 1.29 is 6.11 Å². The van der Waals surface area contributed by atoms with E-state index in [1.807, 2.05) is 31.2 Å². The van der Waals surface area contributed by atoms with E-state index in [2.05, 4.69) is 30.5 Å². The average molecular weight is 370 g/mol. The van der Waals surface area contributed by atoms with Gasteiger partial charge in [0.25, 0.3) is 0 Å². The number of rotatable bonds is 4. The Kier molecular flexibility index (Phi) is 3.53. The van der Waals surface area contributed by atoms with E-state index >= 15 is 0 Å². The van der Waals surface area contributed by atoms with Crippen LogP contribution in [0.15, 0.2) is 67.5 Å². The number of benzene rings is 2. The fraction of sp³-hybridized carbons (Fsp3) is 0.0500. The van der Waals surface area contributed by atoms with Crippen molar-refractivity contribution in [2.45, 2.75) is 6.92 Å². The van der Waals surface area contributed by atoms with Crippen molar-refractivity contribution in [1.29, 1.82) is 0 Å². The van der Waals surface area contributed by atoms with Gasteiger partial charge in [0.15, 0.2) is 5.65 Å². The van der Waals surface area contributed by atoms with Crippen LogP contribution in [0.1, 0.15) is 6.93 Å². The van der Waals surface area contributed by atoms with Gasteiger partial charge in [0.05, 0.1) is 6.89 Å². The van der Waals surface area contributed by atoms with Gasteiger partial charge in [-0.3, -0.25) is 4.40 Å². The largest absolute Gasteiger partial charge is 0.439 e. The number of fused-ring (bicyclic) bond motifs is 2. The van der Waals surface area contributed by atoms with Gasteiger partial charge in [0.1, 0.15) is 30.5 Å². The van der Waals surface area contributed by atoms with Crippen molar-refractivity contribution in [3.8, 4) is 11.6 Å². The van der Waals surface area contributed by atoms with Crippen molar-refractivity contribution in [2.24, 2.45) is 0 Å². The summed E-state index contributed by atoms with van der Waals surface area (Å²) in [6.45, 7) is 1.95. The first kappa shape index (κ1) is 15.0. The molecule has 0 saturated carbocycles. The normalized spacial score (nSPS) is 11.5. The number of nitrogens with one attached hydrogen (secondary N) is 1. The summed E-state index contributed by atoms with van der Waals surface area (Å²) in [5, 5.41) is 11.9. The predicted molar refractivity (Wildman–Crippen MR) is 105 cm³/mol. The highest BCUT2D eigenvalue weighted by molar-refractivity contribution is 5.90. The Bertz CT molecular complexity index is 1350. The molecule has 5 aromatic rings.